The zero-order valence-electron chi connectivity index (χ0n) is 15.4. The van der Waals surface area contributed by atoms with E-state index in [9.17, 15) is 14.7 Å². The molecule has 0 aliphatic rings. The van der Waals surface area contributed by atoms with Gasteiger partial charge in [-0.15, -0.1) is 0 Å². The number of ether oxygens (including phenoxy) is 3. The first kappa shape index (κ1) is 18.3. The first-order valence-electron chi connectivity index (χ1n) is 8.12. The lowest BCUT2D eigenvalue weighted by Crippen LogP contribution is -2.20. The molecule has 0 aliphatic carbocycles. The van der Waals surface area contributed by atoms with Crippen molar-refractivity contribution in [3.05, 3.63) is 57.4 Å². The number of aromatic nitrogens is 1. The maximum absolute atomic E-state index is 13.1. The van der Waals surface area contributed by atoms with Crippen molar-refractivity contribution >= 4 is 16.7 Å². The summed E-state index contributed by atoms with van der Waals surface area (Å²) in [5.74, 6) is -0.351. The third-order valence-corrected chi connectivity index (χ3v) is 4.41. The van der Waals surface area contributed by atoms with Crippen LogP contribution >= 0.6 is 0 Å². The highest BCUT2D eigenvalue weighted by Gasteiger charge is 2.26. The summed E-state index contributed by atoms with van der Waals surface area (Å²) < 4.78 is 15.8. The van der Waals surface area contributed by atoms with E-state index in [-0.39, 0.29) is 28.4 Å². The summed E-state index contributed by atoms with van der Waals surface area (Å²) in [4.78, 5) is 28.3. The van der Waals surface area contributed by atoms with E-state index in [1.165, 1.54) is 33.5 Å². The number of para-hydroxylation sites is 1. The molecule has 27 heavy (non-hydrogen) atoms. The van der Waals surface area contributed by atoms with Gasteiger partial charge in [0.15, 0.2) is 11.5 Å². The van der Waals surface area contributed by atoms with Gasteiger partial charge in [-0.05, 0) is 30.7 Å². The number of benzene rings is 2. The number of ketones is 1. The van der Waals surface area contributed by atoms with Crippen LogP contribution in [0.15, 0.2) is 35.1 Å². The van der Waals surface area contributed by atoms with Gasteiger partial charge in [0.25, 0.3) is 5.56 Å². The zero-order valence-corrected chi connectivity index (χ0v) is 15.4. The average molecular weight is 369 g/mol. The number of carbonyl (C=O) groups is 1. The number of pyridine rings is 1. The minimum absolute atomic E-state index is 0.0722. The molecule has 1 heterocycles. The number of aryl methyl sites for hydroxylation is 1. The van der Waals surface area contributed by atoms with Crippen molar-refractivity contribution in [3.8, 4) is 23.0 Å². The molecule has 0 unspecified atom stereocenters. The van der Waals surface area contributed by atoms with Gasteiger partial charge in [-0.3, -0.25) is 9.59 Å². The molecule has 0 amide bonds. The Bertz CT molecular complexity index is 1100. The topological polar surface area (TPSA) is 97.9 Å². The predicted molar refractivity (Wildman–Crippen MR) is 101 cm³/mol. The zero-order chi connectivity index (χ0) is 19.7. The third-order valence-electron chi connectivity index (χ3n) is 4.41. The molecular formula is C20H19NO6. The molecule has 0 bridgehead atoms. The van der Waals surface area contributed by atoms with E-state index in [1.807, 2.05) is 0 Å². The van der Waals surface area contributed by atoms with Crippen molar-refractivity contribution < 1.29 is 24.1 Å². The molecule has 2 aromatic carbocycles. The van der Waals surface area contributed by atoms with E-state index in [4.69, 9.17) is 14.2 Å². The molecular weight excluding hydrogens is 350 g/mol. The second kappa shape index (κ2) is 7.03. The fourth-order valence-corrected chi connectivity index (χ4v) is 3.07. The summed E-state index contributed by atoms with van der Waals surface area (Å²) in [6, 6.07) is 8.17. The lowest BCUT2D eigenvalue weighted by Gasteiger charge is -2.15. The molecule has 0 fully saturated rings. The number of fused-ring (bicyclic) bond motifs is 1. The Labute approximate surface area is 155 Å². The van der Waals surface area contributed by atoms with Gasteiger partial charge in [0.05, 0.1) is 32.4 Å². The number of aromatic amines is 1. The van der Waals surface area contributed by atoms with Crippen LogP contribution in [-0.4, -0.2) is 37.2 Å². The molecule has 3 rings (SSSR count). The molecule has 0 saturated heterocycles. The lowest BCUT2D eigenvalue weighted by atomic mass is 9.99. The van der Waals surface area contributed by atoms with E-state index in [0.29, 0.717) is 16.7 Å². The molecule has 7 heteroatoms. The summed E-state index contributed by atoms with van der Waals surface area (Å²) in [5.41, 5.74) is 0.288. The van der Waals surface area contributed by atoms with Gasteiger partial charge in [0.2, 0.25) is 11.5 Å². The van der Waals surface area contributed by atoms with Gasteiger partial charge >= 0.3 is 0 Å². The summed E-state index contributed by atoms with van der Waals surface area (Å²) in [5, 5.41) is 11.0. The van der Waals surface area contributed by atoms with Crippen molar-refractivity contribution in [1.29, 1.82) is 0 Å². The van der Waals surface area contributed by atoms with E-state index in [2.05, 4.69) is 4.98 Å². The Morgan fingerprint density at radius 3 is 2.33 bits per heavy atom. The molecule has 1 aromatic heterocycles. The van der Waals surface area contributed by atoms with Gasteiger partial charge in [-0.2, -0.15) is 0 Å². The van der Waals surface area contributed by atoms with Crippen LogP contribution in [0.1, 0.15) is 21.5 Å². The maximum atomic E-state index is 13.1. The van der Waals surface area contributed by atoms with Crippen molar-refractivity contribution in [2.24, 2.45) is 0 Å². The molecule has 0 atom stereocenters. The maximum Gasteiger partial charge on any atom is 0.263 e. The van der Waals surface area contributed by atoms with Gasteiger partial charge in [0.1, 0.15) is 11.3 Å². The average Bonchev–Trinajstić information content (AvgIpc) is 2.67. The molecule has 0 radical (unpaired) electrons. The number of methoxy groups -OCH3 is 3. The number of carbonyl (C=O) groups excluding carboxylic acids is 1. The van der Waals surface area contributed by atoms with Crippen molar-refractivity contribution in [2.45, 2.75) is 6.92 Å². The molecule has 2 N–H and O–H groups in total. The first-order valence-corrected chi connectivity index (χ1v) is 8.12. The summed E-state index contributed by atoms with van der Waals surface area (Å²) in [6.07, 6.45) is 0. The van der Waals surface area contributed by atoms with Gasteiger partial charge in [0, 0.05) is 5.39 Å². The quantitative estimate of drug-likeness (QED) is 0.671. The standard InChI is InChI=1S/C20H19NO6/c1-10-6-5-7-11-15(10)21-20(24)14(16(11)22)17(23)12-8-9-13(25-2)19(27-4)18(12)26-3/h5-9H,1-4H3,(H2,21,22,24). The van der Waals surface area contributed by atoms with Gasteiger partial charge in [-0.25, -0.2) is 0 Å². The minimum Gasteiger partial charge on any atom is -0.506 e. The highest BCUT2D eigenvalue weighted by atomic mass is 16.5. The third kappa shape index (κ3) is 2.87. The highest BCUT2D eigenvalue weighted by Crippen LogP contribution is 2.41. The fraction of sp³-hybridized carbons (Fsp3) is 0.200. The minimum atomic E-state index is -0.685. The Morgan fingerprint density at radius 2 is 1.70 bits per heavy atom. The van der Waals surface area contributed by atoms with Crippen LogP contribution in [0.25, 0.3) is 10.9 Å². The summed E-state index contributed by atoms with van der Waals surface area (Å²) in [6.45, 7) is 1.80. The van der Waals surface area contributed by atoms with Gasteiger partial charge in [-0.1, -0.05) is 12.1 Å². The van der Waals surface area contributed by atoms with Crippen molar-refractivity contribution in [1.82, 2.24) is 4.98 Å². The van der Waals surface area contributed by atoms with Crippen LogP contribution in [0.4, 0.5) is 0 Å². The predicted octanol–water partition coefficient (Wildman–Crippen LogP) is 2.80. The molecule has 7 nitrogen and oxygen atoms in total. The van der Waals surface area contributed by atoms with Crippen LogP contribution < -0.4 is 19.8 Å². The number of rotatable bonds is 5. The van der Waals surface area contributed by atoms with Crippen LogP contribution in [0, 0.1) is 6.92 Å². The van der Waals surface area contributed by atoms with Crippen LogP contribution in [0.2, 0.25) is 0 Å². The monoisotopic (exact) mass is 369 g/mol. The van der Waals surface area contributed by atoms with Crippen LogP contribution in [0.3, 0.4) is 0 Å². The molecule has 140 valence electrons. The van der Waals surface area contributed by atoms with Crippen LogP contribution in [0.5, 0.6) is 23.0 Å². The second-order valence-electron chi connectivity index (χ2n) is 5.89. The van der Waals surface area contributed by atoms with E-state index < -0.39 is 11.3 Å². The number of aromatic hydroxyl groups is 1. The van der Waals surface area contributed by atoms with E-state index in [0.717, 1.165) is 5.56 Å². The largest absolute Gasteiger partial charge is 0.506 e. The van der Waals surface area contributed by atoms with Gasteiger partial charge < -0.3 is 24.3 Å². The normalized spacial score (nSPS) is 10.7. The SMILES string of the molecule is COc1ccc(C(=O)c2c(O)c3cccc(C)c3[nH]c2=O)c(OC)c1OC. The fourth-order valence-electron chi connectivity index (χ4n) is 3.07. The molecule has 0 saturated carbocycles. The first-order chi connectivity index (χ1) is 12.9. The van der Waals surface area contributed by atoms with Crippen molar-refractivity contribution in [2.75, 3.05) is 21.3 Å². The number of hydrogen-bond acceptors (Lipinski definition) is 6. The smallest absolute Gasteiger partial charge is 0.263 e. The summed E-state index contributed by atoms with van der Waals surface area (Å²) in [7, 11) is 4.25. The number of H-pyrrole nitrogens is 1. The number of hydrogen-bond donors (Lipinski definition) is 2. The Kier molecular flexibility index (Phi) is 4.77. The van der Waals surface area contributed by atoms with Crippen LogP contribution in [-0.2, 0) is 0 Å². The second-order valence-corrected chi connectivity index (χ2v) is 5.89. The Hall–Kier alpha value is -3.48. The van der Waals surface area contributed by atoms with E-state index in [1.54, 1.807) is 25.1 Å². The van der Waals surface area contributed by atoms with E-state index >= 15 is 0 Å². The Balaban J connectivity index is 2.28. The lowest BCUT2D eigenvalue weighted by molar-refractivity contribution is 0.103. The summed E-state index contributed by atoms with van der Waals surface area (Å²) >= 11 is 0. The molecule has 0 spiro atoms. The highest BCUT2D eigenvalue weighted by molar-refractivity contribution is 6.14. The molecule has 3 aromatic rings. The Morgan fingerprint density at radius 1 is 1.00 bits per heavy atom. The number of nitrogens with one attached hydrogen (secondary N) is 1. The molecule has 0 aliphatic heterocycles. The van der Waals surface area contributed by atoms with Crippen molar-refractivity contribution in [3.63, 3.8) is 0 Å².